The van der Waals surface area contributed by atoms with Crippen molar-refractivity contribution in [3.63, 3.8) is 0 Å². The Balaban J connectivity index is 2.57. The maximum absolute atomic E-state index is 5.77. The molecule has 1 fully saturated rings. The second-order valence-electron chi connectivity index (χ2n) is 5.69. The second kappa shape index (κ2) is 8.10. The normalized spacial score (nSPS) is 22.6. The third kappa shape index (κ3) is 4.59. The van der Waals surface area contributed by atoms with Crippen molar-refractivity contribution in [2.24, 2.45) is 17.8 Å². The van der Waals surface area contributed by atoms with E-state index in [1.807, 2.05) is 14.2 Å². The molecule has 3 unspecified atom stereocenters. The molecule has 0 aromatic carbocycles. The summed E-state index contributed by atoms with van der Waals surface area (Å²) in [6.45, 7) is 5.45. The first-order valence-corrected chi connectivity index (χ1v) is 7.24. The summed E-state index contributed by atoms with van der Waals surface area (Å²) in [5.41, 5.74) is 0. The summed E-state index contributed by atoms with van der Waals surface area (Å²) >= 11 is 0. The van der Waals surface area contributed by atoms with Gasteiger partial charge in [-0.1, -0.05) is 46.0 Å². The first-order valence-electron chi connectivity index (χ1n) is 7.24. The van der Waals surface area contributed by atoms with Gasteiger partial charge in [0.05, 0.1) is 12.7 Å². The van der Waals surface area contributed by atoms with Crippen molar-refractivity contribution < 1.29 is 9.47 Å². The molecule has 1 aliphatic rings. The molecule has 0 bridgehead atoms. The SMILES string of the molecule is CCC(C)CC(OC)C(COC)C1CCCC1. The van der Waals surface area contributed by atoms with Crippen molar-refractivity contribution in [2.45, 2.75) is 58.5 Å². The highest BCUT2D eigenvalue weighted by Gasteiger charge is 2.32. The monoisotopic (exact) mass is 242 g/mol. The molecule has 0 aromatic heterocycles. The summed E-state index contributed by atoms with van der Waals surface area (Å²) in [5.74, 6) is 2.17. The Hall–Kier alpha value is -0.0800. The molecule has 0 spiro atoms. The summed E-state index contributed by atoms with van der Waals surface area (Å²) in [7, 11) is 3.68. The topological polar surface area (TPSA) is 18.5 Å². The molecular formula is C15H30O2. The van der Waals surface area contributed by atoms with E-state index in [1.165, 1.54) is 38.5 Å². The highest BCUT2D eigenvalue weighted by molar-refractivity contribution is 4.82. The molecule has 0 aliphatic heterocycles. The van der Waals surface area contributed by atoms with Crippen molar-refractivity contribution in [3.05, 3.63) is 0 Å². The van der Waals surface area contributed by atoms with Gasteiger partial charge in [-0.05, 0) is 18.3 Å². The highest BCUT2D eigenvalue weighted by atomic mass is 16.5. The van der Waals surface area contributed by atoms with Crippen LogP contribution in [0.2, 0.25) is 0 Å². The number of hydrogen-bond acceptors (Lipinski definition) is 2. The third-order valence-electron chi connectivity index (χ3n) is 4.48. The molecule has 1 rings (SSSR count). The molecule has 2 heteroatoms. The van der Waals surface area contributed by atoms with E-state index >= 15 is 0 Å². The molecule has 0 N–H and O–H groups in total. The van der Waals surface area contributed by atoms with Crippen LogP contribution >= 0.6 is 0 Å². The van der Waals surface area contributed by atoms with Gasteiger partial charge in [-0.2, -0.15) is 0 Å². The standard InChI is InChI=1S/C15H30O2/c1-5-12(2)10-15(17-4)14(11-16-3)13-8-6-7-9-13/h12-15H,5-11H2,1-4H3. The van der Waals surface area contributed by atoms with Crippen LogP contribution in [0, 0.1) is 17.8 Å². The van der Waals surface area contributed by atoms with Gasteiger partial charge in [0.25, 0.3) is 0 Å². The lowest BCUT2D eigenvalue weighted by Gasteiger charge is -2.31. The molecule has 0 amide bonds. The zero-order valence-electron chi connectivity index (χ0n) is 12.1. The van der Waals surface area contributed by atoms with E-state index < -0.39 is 0 Å². The summed E-state index contributed by atoms with van der Waals surface area (Å²) < 4.78 is 11.2. The van der Waals surface area contributed by atoms with E-state index in [-0.39, 0.29) is 0 Å². The molecule has 0 radical (unpaired) electrons. The number of methoxy groups -OCH3 is 2. The van der Waals surface area contributed by atoms with Gasteiger partial charge < -0.3 is 9.47 Å². The summed E-state index contributed by atoms with van der Waals surface area (Å²) in [4.78, 5) is 0. The van der Waals surface area contributed by atoms with Crippen LogP contribution in [0.25, 0.3) is 0 Å². The van der Waals surface area contributed by atoms with Crippen LogP contribution in [0.1, 0.15) is 52.4 Å². The largest absolute Gasteiger partial charge is 0.384 e. The minimum absolute atomic E-state index is 0.382. The smallest absolute Gasteiger partial charge is 0.0626 e. The van der Waals surface area contributed by atoms with E-state index in [2.05, 4.69) is 13.8 Å². The molecule has 0 aromatic rings. The van der Waals surface area contributed by atoms with Gasteiger partial charge in [0.1, 0.15) is 0 Å². The number of rotatable bonds is 8. The van der Waals surface area contributed by atoms with Gasteiger partial charge in [0.2, 0.25) is 0 Å². The van der Waals surface area contributed by atoms with Crippen LogP contribution in [0.5, 0.6) is 0 Å². The summed E-state index contributed by atoms with van der Waals surface area (Å²) in [6.07, 6.45) is 8.33. The van der Waals surface area contributed by atoms with Crippen molar-refractivity contribution in [2.75, 3.05) is 20.8 Å². The van der Waals surface area contributed by atoms with Crippen molar-refractivity contribution in [1.29, 1.82) is 0 Å². The summed E-state index contributed by atoms with van der Waals surface area (Å²) in [5, 5.41) is 0. The van der Waals surface area contributed by atoms with Crippen LogP contribution < -0.4 is 0 Å². The first kappa shape index (κ1) is 15.0. The van der Waals surface area contributed by atoms with Crippen molar-refractivity contribution >= 4 is 0 Å². The van der Waals surface area contributed by atoms with Crippen LogP contribution in [0.4, 0.5) is 0 Å². The zero-order chi connectivity index (χ0) is 12.7. The third-order valence-corrected chi connectivity index (χ3v) is 4.48. The lowest BCUT2D eigenvalue weighted by Crippen LogP contribution is -2.33. The average molecular weight is 242 g/mol. The van der Waals surface area contributed by atoms with E-state index in [1.54, 1.807) is 0 Å². The van der Waals surface area contributed by atoms with Gasteiger partial charge >= 0.3 is 0 Å². The Morgan fingerprint density at radius 1 is 1.18 bits per heavy atom. The van der Waals surface area contributed by atoms with E-state index in [9.17, 15) is 0 Å². The minimum Gasteiger partial charge on any atom is -0.384 e. The van der Waals surface area contributed by atoms with Crippen molar-refractivity contribution in [3.8, 4) is 0 Å². The average Bonchev–Trinajstić information content (AvgIpc) is 2.86. The fourth-order valence-corrected chi connectivity index (χ4v) is 3.13. The minimum atomic E-state index is 0.382. The molecule has 3 atom stereocenters. The van der Waals surface area contributed by atoms with Gasteiger partial charge in [-0.25, -0.2) is 0 Å². The van der Waals surface area contributed by atoms with E-state index in [0.29, 0.717) is 12.0 Å². The maximum Gasteiger partial charge on any atom is 0.0626 e. The van der Waals surface area contributed by atoms with Gasteiger partial charge in [0.15, 0.2) is 0 Å². The Morgan fingerprint density at radius 2 is 1.82 bits per heavy atom. The first-order chi connectivity index (χ1) is 8.22. The van der Waals surface area contributed by atoms with Crippen LogP contribution in [-0.2, 0) is 9.47 Å². The fraction of sp³-hybridized carbons (Fsp3) is 1.00. The fourth-order valence-electron chi connectivity index (χ4n) is 3.13. The Kier molecular flexibility index (Phi) is 7.14. The molecule has 0 saturated heterocycles. The second-order valence-corrected chi connectivity index (χ2v) is 5.69. The van der Waals surface area contributed by atoms with Crippen LogP contribution in [0.15, 0.2) is 0 Å². The van der Waals surface area contributed by atoms with Gasteiger partial charge in [-0.3, -0.25) is 0 Å². The van der Waals surface area contributed by atoms with Gasteiger partial charge in [-0.15, -0.1) is 0 Å². The molecule has 1 aliphatic carbocycles. The number of hydrogen-bond donors (Lipinski definition) is 0. The molecule has 102 valence electrons. The van der Waals surface area contributed by atoms with E-state index in [0.717, 1.165) is 18.4 Å². The molecule has 0 heterocycles. The zero-order valence-corrected chi connectivity index (χ0v) is 12.1. The highest BCUT2D eigenvalue weighted by Crippen LogP contribution is 2.36. The molecule has 2 nitrogen and oxygen atoms in total. The van der Waals surface area contributed by atoms with Gasteiger partial charge in [0, 0.05) is 20.1 Å². The maximum atomic E-state index is 5.77. The van der Waals surface area contributed by atoms with E-state index in [4.69, 9.17) is 9.47 Å². The Labute approximate surface area is 107 Å². The number of ether oxygens (including phenoxy) is 2. The molecular weight excluding hydrogens is 212 g/mol. The van der Waals surface area contributed by atoms with Crippen LogP contribution in [-0.4, -0.2) is 26.9 Å². The molecule has 17 heavy (non-hydrogen) atoms. The quantitative estimate of drug-likeness (QED) is 0.643. The molecule has 1 saturated carbocycles. The predicted octanol–water partition coefficient (Wildman–Crippen LogP) is 3.89. The predicted molar refractivity (Wildman–Crippen MR) is 72.2 cm³/mol. The lowest BCUT2D eigenvalue weighted by molar-refractivity contribution is -0.0222. The Bertz CT molecular complexity index is 187. The lowest BCUT2D eigenvalue weighted by atomic mass is 9.82. The Morgan fingerprint density at radius 3 is 2.29 bits per heavy atom. The van der Waals surface area contributed by atoms with Crippen molar-refractivity contribution in [1.82, 2.24) is 0 Å². The summed E-state index contributed by atoms with van der Waals surface area (Å²) in [6, 6.07) is 0. The van der Waals surface area contributed by atoms with Crippen LogP contribution in [0.3, 0.4) is 0 Å².